The van der Waals surface area contributed by atoms with E-state index < -0.39 is 5.41 Å². The summed E-state index contributed by atoms with van der Waals surface area (Å²) < 4.78 is 0. The number of hydrogen-bond donors (Lipinski definition) is 1. The molecule has 0 radical (unpaired) electrons. The lowest BCUT2D eigenvalue weighted by atomic mass is 9.77. The molecule has 142 valence electrons. The fraction of sp³-hybridized carbons (Fsp3) is 0.269. The monoisotopic (exact) mass is 369 g/mol. The number of hydrogen-bond acceptors (Lipinski definition) is 1. The Morgan fingerprint density at radius 2 is 1.32 bits per heavy atom. The van der Waals surface area contributed by atoms with Crippen molar-refractivity contribution in [3.63, 3.8) is 0 Å². The minimum Gasteiger partial charge on any atom is -0.344 e. The highest BCUT2D eigenvalue weighted by Crippen LogP contribution is 2.42. The minimum atomic E-state index is -0.418. The van der Waals surface area contributed by atoms with Gasteiger partial charge in [0.1, 0.15) is 0 Å². The van der Waals surface area contributed by atoms with Crippen molar-refractivity contribution >= 4 is 5.91 Å². The lowest BCUT2D eigenvalue weighted by molar-refractivity contribution is -0.127. The highest BCUT2D eigenvalue weighted by Gasteiger charge is 2.43. The molecule has 0 heterocycles. The molecule has 0 spiro atoms. The molecule has 2 heteroatoms. The summed E-state index contributed by atoms with van der Waals surface area (Å²) in [7, 11) is 0. The first-order chi connectivity index (χ1) is 13.7. The topological polar surface area (TPSA) is 29.1 Å². The molecule has 0 saturated heterocycles. The minimum absolute atomic E-state index is 0.143. The highest BCUT2D eigenvalue weighted by molar-refractivity contribution is 5.89. The number of nitrogens with one attached hydrogen (secondary N) is 1. The molecule has 1 aliphatic carbocycles. The van der Waals surface area contributed by atoms with Crippen molar-refractivity contribution in [3.05, 3.63) is 107 Å². The molecule has 1 amide bonds. The second-order valence-electron chi connectivity index (χ2n) is 7.88. The van der Waals surface area contributed by atoms with Crippen LogP contribution in [0.2, 0.25) is 0 Å². The lowest BCUT2D eigenvalue weighted by Crippen LogP contribution is -2.44. The molecule has 0 bridgehead atoms. The van der Waals surface area contributed by atoms with Crippen LogP contribution in [0.4, 0.5) is 0 Å². The number of rotatable bonds is 5. The highest BCUT2D eigenvalue weighted by atomic mass is 16.2. The maximum absolute atomic E-state index is 13.7. The summed E-state index contributed by atoms with van der Waals surface area (Å²) >= 11 is 0. The average Bonchev–Trinajstić information content (AvgIpc) is 3.25. The van der Waals surface area contributed by atoms with Crippen molar-refractivity contribution in [2.45, 2.75) is 44.1 Å². The number of amides is 1. The van der Waals surface area contributed by atoms with Gasteiger partial charge in [0.15, 0.2) is 0 Å². The molecule has 2 nitrogen and oxygen atoms in total. The van der Waals surface area contributed by atoms with Gasteiger partial charge in [-0.15, -0.1) is 0 Å². The third kappa shape index (κ3) is 3.60. The van der Waals surface area contributed by atoms with E-state index in [9.17, 15) is 4.79 Å². The fourth-order valence-corrected chi connectivity index (χ4v) is 4.42. The Hall–Kier alpha value is -2.87. The molecule has 0 aliphatic heterocycles. The van der Waals surface area contributed by atoms with Gasteiger partial charge in [-0.05, 0) is 36.5 Å². The molecule has 1 aliphatic rings. The Morgan fingerprint density at radius 1 is 0.786 bits per heavy atom. The molecule has 0 unspecified atom stereocenters. The van der Waals surface area contributed by atoms with Crippen molar-refractivity contribution in [1.82, 2.24) is 5.32 Å². The van der Waals surface area contributed by atoms with Crippen LogP contribution in [-0.4, -0.2) is 5.91 Å². The van der Waals surface area contributed by atoms with Gasteiger partial charge in [0.25, 0.3) is 0 Å². The van der Waals surface area contributed by atoms with E-state index in [4.69, 9.17) is 0 Å². The Labute approximate surface area is 167 Å². The molecular formula is C26H27NO. The van der Waals surface area contributed by atoms with E-state index in [0.29, 0.717) is 0 Å². The van der Waals surface area contributed by atoms with Crippen LogP contribution in [0.3, 0.4) is 0 Å². The number of carbonyl (C=O) groups is 1. The van der Waals surface area contributed by atoms with E-state index in [1.807, 2.05) is 36.4 Å². The molecular weight excluding hydrogens is 342 g/mol. The summed E-state index contributed by atoms with van der Waals surface area (Å²) in [5.74, 6) is 0.144. The van der Waals surface area contributed by atoms with Crippen LogP contribution >= 0.6 is 0 Å². The zero-order chi connectivity index (χ0) is 19.4. The molecule has 3 aromatic rings. The largest absolute Gasteiger partial charge is 0.344 e. The van der Waals surface area contributed by atoms with Crippen molar-refractivity contribution in [3.8, 4) is 0 Å². The number of aryl methyl sites for hydroxylation is 1. The van der Waals surface area contributed by atoms with Crippen LogP contribution < -0.4 is 5.32 Å². The van der Waals surface area contributed by atoms with Crippen molar-refractivity contribution < 1.29 is 4.79 Å². The zero-order valence-electron chi connectivity index (χ0n) is 16.4. The zero-order valence-corrected chi connectivity index (χ0v) is 16.4. The Kier molecular flexibility index (Phi) is 5.29. The SMILES string of the molecule is Cc1ccc([C@H](NC(=O)C2(c3ccccc3)CCCC2)c2ccccc2)cc1. The van der Waals surface area contributed by atoms with Crippen LogP contribution in [0.15, 0.2) is 84.9 Å². The Balaban J connectivity index is 1.70. The quantitative estimate of drug-likeness (QED) is 0.613. The van der Waals surface area contributed by atoms with E-state index in [0.717, 1.165) is 42.4 Å². The maximum atomic E-state index is 13.7. The molecule has 1 N–H and O–H groups in total. The lowest BCUT2D eigenvalue weighted by Gasteiger charge is -2.31. The average molecular weight is 370 g/mol. The van der Waals surface area contributed by atoms with E-state index in [-0.39, 0.29) is 11.9 Å². The van der Waals surface area contributed by atoms with E-state index >= 15 is 0 Å². The van der Waals surface area contributed by atoms with Gasteiger partial charge in [0.05, 0.1) is 11.5 Å². The molecule has 1 atom stereocenters. The predicted molar refractivity (Wildman–Crippen MR) is 114 cm³/mol. The molecule has 3 aromatic carbocycles. The van der Waals surface area contributed by atoms with Crippen molar-refractivity contribution in [2.75, 3.05) is 0 Å². The predicted octanol–water partition coefficient (Wildman–Crippen LogP) is 5.71. The summed E-state index contributed by atoms with van der Waals surface area (Å²) in [6.07, 6.45) is 4.03. The third-order valence-electron chi connectivity index (χ3n) is 6.04. The molecule has 4 rings (SSSR count). The van der Waals surface area contributed by atoms with Crippen molar-refractivity contribution in [2.24, 2.45) is 0 Å². The van der Waals surface area contributed by atoms with Gasteiger partial charge in [-0.1, -0.05) is 103 Å². The summed E-state index contributed by atoms with van der Waals surface area (Å²) in [4.78, 5) is 13.7. The first kappa shape index (κ1) is 18.5. The van der Waals surface area contributed by atoms with E-state index in [1.54, 1.807) is 0 Å². The second kappa shape index (κ2) is 8.02. The van der Waals surface area contributed by atoms with Crippen LogP contribution in [0.1, 0.15) is 54.0 Å². The third-order valence-corrected chi connectivity index (χ3v) is 6.04. The number of benzene rings is 3. The van der Waals surface area contributed by atoms with Crippen LogP contribution in [0.25, 0.3) is 0 Å². The molecule has 0 aromatic heterocycles. The van der Waals surface area contributed by atoms with Crippen LogP contribution in [-0.2, 0) is 10.2 Å². The van der Waals surface area contributed by atoms with E-state index in [1.165, 1.54) is 5.56 Å². The Morgan fingerprint density at radius 3 is 1.93 bits per heavy atom. The fourth-order valence-electron chi connectivity index (χ4n) is 4.42. The first-order valence-corrected chi connectivity index (χ1v) is 10.2. The standard InChI is InChI=1S/C26H27NO/c1-20-14-16-22(17-15-20)24(21-10-4-2-5-11-21)27-25(28)26(18-8-9-19-26)23-12-6-3-7-13-23/h2-7,10-17,24H,8-9,18-19H2,1H3,(H,27,28)/t24-/m1/s1. The van der Waals surface area contributed by atoms with E-state index in [2.05, 4.69) is 60.8 Å². The molecule has 28 heavy (non-hydrogen) atoms. The van der Waals surface area contributed by atoms with Gasteiger partial charge in [0, 0.05) is 0 Å². The van der Waals surface area contributed by atoms with Crippen LogP contribution in [0, 0.1) is 6.92 Å². The maximum Gasteiger partial charge on any atom is 0.231 e. The smallest absolute Gasteiger partial charge is 0.231 e. The first-order valence-electron chi connectivity index (χ1n) is 10.2. The summed E-state index contributed by atoms with van der Waals surface area (Å²) in [5.41, 5.74) is 4.17. The van der Waals surface area contributed by atoms with Gasteiger partial charge in [0.2, 0.25) is 5.91 Å². The van der Waals surface area contributed by atoms with Gasteiger partial charge in [-0.3, -0.25) is 4.79 Å². The Bertz CT molecular complexity index is 910. The number of carbonyl (C=O) groups excluding carboxylic acids is 1. The summed E-state index contributed by atoms with van der Waals surface area (Å²) in [6, 6.07) is 28.9. The summed E-state index contributed by atoms with van der Waals surface area (Å²) in [5, 5.41) is 3.41. The summed E-state index contributed by atoms with van der Waals surface area (Å²) in [6.45, 7) is 2.09. The molecule has 1 fully saturated rings. The van der Waals surface area contributed by atoms with Gasteiger partial charge in [-0.25, -0.2) is 0 Å². The normalized spacial score (nSPS) is 16.5. The van der Waals surface area contributed by atoms with Gasteiger partial charge in [-0.2, -0.15) is 0 Å². The molecule has 1 saturated carbocycles. The van der Waals surface area contributed by atoms with Gasteiger partial charge >= 0.3 is 0 Å². The van der Waals surface area contributed by atoms with Gasteiger partial charge < -0.3 is 5.32 Å². The van der Waals surface area contributed by atoms with Crippen molar-refractivity contribution in [1.29, 1.82) is 0 Å². The van der Waals surface area contributed by atoms with Crippen LogP contribution in [0.5, 0.6) is 0 Å². The second-order valence-corrected chi connectivity index (χ2v) is 7.88.